The first kappa shape index (κ1) is 14.6. The van der Waals surface area contributed by atoms with Gasteiger partial charge < -0.3 is 10.1 Å². The second-order valence-electron chi connectivity index (χ2n) is 4.65. The van der Waals surface area contributed by atoms with E-state index < -0.39 is 4.75 Å². The number of carbonyl (C=O) groups excluding carboxylic acids is 1. The third kappa shape index (κ3) is 2.71. The number of thioether (sulfide) groups is 1. The predicted octanol–water partition coefficient (Wildman–Crippen LogP) is 2.21. The number of morpholine rings is 1. The summed E-state index contributed by atoms with van der Waals surface area (Å²) in [6, 6.07) is 10.0. The number of Topliss-reactive ketones (excluding diaryl/α,β-unsaturated/α-hetero) is 1. The lowest BCUT2D eigenvalue weighted by Gasteiger charge is -2.40. The Morgan fingerprint density at radius 2 is 2.21 bits per heavy atom. The Labute approximate surface area is 119 Å². The Hall–Kier alpha value is -0.840. The quantitative estimate of drug-likeness (QED) is 0.897. The minimum absolute atomic E-state index is 0.105. The Balaban J connectivity index is 2.44. The largest absolute Gasteiger partial charge is 0.373 e. The van der Waals surface area contributed by atoms with Gasteiger partial charge in [-0.05, 0) is 11.8 Å². The van der Waals surface area contributed by atoms with Crippen LogP contribution in [0, 0.1) is 0 Å². The summed E-state index contributed by atoms with van der Waals surface area (Å²) in [6.07, 6.45) is 2.42. The molecule has 4 heteroatoms. The number of nitrogens with one attached hydrogen (secondary N) is 1. The van der Waals surface area contributed by atoms with Crippen molar-refractivity contribution in [3.63, 3.8) is 0 Å². The molecule has 1 aliphatic heterocycles. The number of benzene rings is 1. The third-order valence-corrected chi connectivity index (χ3v) is 5.01. The smallest absolute Gasteiger partial charge is 0.155 e. The van der Waals surface area contributed by atoms with Crippen LogP contribution >= 0.6 is 11.8 Å². The first-order chi connectivity index (χ1) is 9.25. The number of hydrogen-bond acceptors (Lipinski definition) is 4. The SMILES string of the molecule is CCC(=O)C(SC)(c1ccccc1)C1CNCCO1. The van der Waals surface area contributed by atoms with Gasteiger partial charge in [-0.3, -0.25) is 4.79 Å². The molecule has 1 aromatic carbocycles. The molecule has 104 valence electrons. The summed E-state index contributed by atoms with van der Waals surface area (Å²) in [6.45, 7) is 4.17. The fraction of sp³-hybridized carbons (Fsp3) is 0.533. The topological polar surface area (TPSA) is 38.3 Å². The fourth-order valence-corrected chi connectivity index (χ4v) is 3.82. The summed E-state index contributed by atoms with van der Waals surface area (Å²) in [5.74, 6) is 0.236. The van der Waals surface area contributed by atoms with E-state index in [4.69, 9.17) is 4.74 Å². The van der Waals surface area contributed by atoms with Gasteiger partial charge >= 0.3 is 0 Å². The van der Waals surface area contributed by atoms with E-state index in [1.165, 1.54) is 0 Å². The summed E-state index contributed by atoms with van der Waals surface area (Å²) >= 11 is 1.60. The van der Waals surface area contributed by atoms with Crippen LogP contribution in [0.1, 0.15) is 18.9 Å². The molecule has 3 nitrogen and oxygen atoms in total. The van der Waals surface area contributed by atoms with Crippen molar-refractivity contribution in [2.75, 3.05) is 26.0 Å². The molecule has 0 radical (unpaired) electrons. The van der Waals surface area contributed by atoms with Crippen LogP contribution in [0.5, 0.6) is 0 Å². The van der Waals surface area contributed by atoms with Crippen LogP contribution in [0.15, 0.2) is 30.3 Å². The van der Waals surface area contributed by atoms with E-state index in [-0.39, 0.29) is 11.9 Å². The van der Waals surface area contributed by atoms with Gasteiger partial charge in [-0.2, -0.15) is 0 Å². The molecule has 0 aromatic heterocycles. The summed E-state index contributed by atoms with van der Waals surface area (Å²) < 4.78 is 5.31. The third-order valence-electron chi connectivity index (χ3n) is 3.64. The Bertz CT molecular complexity index is 417. The molecule has 2 rings (SSSR count). The van der Waals surface area contributed by atoms with E-state index >= 15 is 0 Å². The minimum Gasteiger partial charge on any atom is -0.373 e. The number of ketones is 1. The number of carbonyl (C=O) groups is 1. The summed E-state index contributed by atoms with van der Waals surface area (Å²) in [7, 11) is 0. The van der Waals surface area contributed by atoms with Crippen molar-refractivity contribution in [2.45, 2.75) is 24.2 Å². The molecule has 1 N–H and O–H groups in total. The zero-order valence-corrected chi connectivity index (χ0v) is 12.3. The molecule has 0 spiro atoms. The fourth-order valence-electron chi connectivity index (χ4n) is 2.66. The van der Waals surface area contributed by atoms with Crippen LogP contribution in [0.4, 0.5) is 0 Å². The second kappa shape index (κ2) is 6.55. The number of ether oxygens (including phenoxy) is 1. The van der Waals surface area contributed by atoms with Gasteiger partial charge in [0.05, 0.1) is 12.7 Å². The Morgan fingerprint density at radius 3 is 2.74 bits per heavy atom. The van der Waals surface area contributed by atoms with Crippen molar-refractivity contribution >= 4 is 17.5 Å². The van der Waals surface area contributed by atoms with Gasteiger partial charge in [0.2, 0.25) is 0 Å². The molecular formula is C15H21NO2S. The van der Waals surface area contributed by atoms with Gasteiger partial charge in [0.15, 0.2) is 5.78 Å². The number of rotatable bonds is 5. The van der Waals surface area contributed by atoms with Crippen LogP contribution < -0.4 is 5.32 Å². The van der Waals surface area contributed by atoms with E-state index in [1.54, 1.807) is 11.8 Å². The summed E-state index contributed by atoms with van der Waals surface area (Å²) in [5, 5.41) is 3.33. The van der Waals surface area contributed by atoms with Crippen LogP contribution in [0.2, 0.25) is 0 Å². The molecule has 0 aliphatic carbocycles. The van der Waals surface area contributed by atoms with Gasteiger partial charge in [-0.15, -0.1) is 11.8 Å². The maximum atomic E-state index is 12.6. The van der Waals surface area contributed by atoms with Gasteiger partial charge in [-0.25, -0.2) is 0 Å². The number of hydrogen-bond donors (Lipinski definition) is 1. The van der Waals surface area contributed by atoms with E-state index in [2.05, 4.69) is 5.32 Å². The lowest BCUT2D eigenvalue weighted by Crippen LogP contribution is -2.53. The molecule has 1 fully saturated rings. The van der Waals surface area contributed by atoms with Crippen LogP contribution in [-0.4, -0.2) is 37.8 Å². The van der Waals surface area contributed by atoms with Crippen LogP contribution in [-0.2, 0) is 14.3 Å². The van der Waals surface area contributed by atoms with Crippen molar-refractivity contribution in [3.8, 4) is 0 Å². The molecule has 1 aliphatic rings. The van der Waals surface area contributed by atoms with Crippen molar-refractivity contribution in [3.05, 3.63) is 35.9 Å². The van der Waals surface area contributed by atoms with Crippen LogP contribution in [0.3, 0.4) is 0 Å². The van der Waals surface area contributed by atoms with Crippen molar-refractivity contribution in [2.24, 2.45) is 0 Å². The molecule has 0 bridgehead atoms. The monoisotopic (exact) mass is 279 g/mol. The molecule has 19 heavy (non-hydrogen) atoms. The maximum absolute atomic E-state index is 12.6. The van der Waals surface area contributed by atoms with E-state index in [0.29, 0.717) is 13.0 Å². The Kier molecular flexibility index (Phi) is 5.02. The van der Waals surface area contributed by atoms with Gasteiger partial charge in [-0.1, -0.05) is 37.3 Å². The second-order valence-corrected chi connectivity index (χ2v) is 5.70. The molecule has 2 atom stereocenters. The summed E-state index contributed by atoms with van der Waals surface area (Å²) in [4.78, 5) is 12.6. The highest BCUT2D eigenvalue weighted by Crippen LogP contribution is 2.41. The molecule has 1 heterocycles. The average molecular weight is 279 g/mol. The first-order valence-electron chi connectivity index (χ1n) is 6.72. The molecule has 1 saturated heterocycles. The zero-order valence-electron chi connectivity index (χ0n) is 11.5. The molecule has 2 unspecified atom stereocenters. The highest BCUT2D eigenvalue weighted by atomic mass is 32.2. The average Bonchev–Trinajstić information content (AvgIpc) is 2.50. The highest BCUT2D eigenvalue weighted by molar-refractivity contribution is 8.00. The van der Waals surface area contributed by atoms with Gasteiger partial charge in [0.1, 0.15) is 4.75 Å². The predicted molar refractivity (Wildman–Crippen MR) is 79.5 cm³/mol. The van der Waals surface area contributed by atoms with E-state index in [9.17, 15) is 4.79 Å². The first-order valence-corrected chi connectivity index (χ1v) is 7.94. The molecule has 1 aromatic rings. The van der Waals surface area contributed by atoms with Gasteiger partial charge in [0.25, 0.3) is 0 Å². The minimum atomic E-state index is -0.594. The normalized spacial score (nSPS) is 22.7. The van der Waals surface area contributed by atoms with Crippen molar-refractivity contribution in [1.29, 1.82) is 0 Å². The molecular weight excluding hydrogens is 258 g/mol. The molecule has 0 saturated carbocycles. The van der Waals surface area contributed by atoms with Crippen LogP contribution in [0.25, 0.3) is 0 Å². The molecule has 0 amide bonds. The van der Waals surface area contributed by atoms with Crippen molar-refractivity contribution < 1.29 is 9.53 Å². The standard InChI is InChI=1S/C15H21NO2S/c1-3-13(17)15(19-2,12-7-5-4-6-8-12)14-11-16-9-10-18-14/h4-8,14,16H,3,9-11H2,1-2H3. The lowest BCUT2D eigenvalue weighted by molar-refractivity contribution is -0.126. The van der Waals surface area contributed by atoms with E-state index in [1.807, 2.05) is 43.5 Å². The maximum Gasteiger partial charge on any atom is 0.155 e. The highest BCUT2D eigenvalue weighted by Gasteiger charge is 2.46. The van der Waals surface area contributed by atoms with E-state index in [0.717, 1.165) is 18.7 Å². The van der Waals surface area contributed by atoms with Gasteiger partial charge in [0, 0.05) is 19.5 Å². The van der Waals surface area contributed by atoms with Crippen molar-refractivity contribution in [1.82, 2.24) is 5.32 Å². The summed E-state index contributed by atoms with van der Waals surface area (Å²) in [5.41, 5.74) is 1.04. The zero-order chi connectivity index (χ0) is 13.7. The lowest BCUT2D eigenvalue weighted by atomic mass is 9.86. The Morgan fingerprint density at radius 1 is 1.47 bits per heavy atom.